The molecule has 1 N–H and O–H groups in total. The van der Waals surface area contributed by atoms with E-state index in [1.54, 1.807) is 17.7 Å². The van der Waals surface area contributed by atoms with Gasteiger partial charge in [0, 0.05) is 9.75 Å². The first-order valence-corrected chi connectivity index (χ1v) is 7.86. The minimum atomic E-state index is 0.255. The highest BCUT2D eigenvalue weighted by Gasteiger charge is 2.13. The highest BCUT2D eigenvalue weighted by molar-refractivity contribution is 7.17. The van der Waals surface area contributed by atoms with Crippen molar-refractivity contribution in [1.29, 1.82) is 0 Å². The third-order valence-corrected chi connectivity index (χ3v) is 5.03. The van der Waals surface area contributed by atoms with Crippen LogP contribution in [0.5, 0.6) is 0 Å². The summed E-state index contributed by atoms with van der Waals surface area (Å²) < 4.78 is 1.12. The topological polar surface area (TPSA) is 37.8 Å². The van der Waals surface area contributed by atoms with Crippen LogP contribution in [0.4, 0.5) is 5.82 Å². The average molecular weight is 289 g/mol. The Balaban J connectivity index is 1.92. The van der Waals surface area contributed by atoms with E-state index < -0.39 is 0 Å². The summed E-state index contributed by atoms with van der Waals surface area (Å²) in [6.45, 7) is 6.50. The standard InChI is InChI=1S/C14H15N3S2/c1-8-6-11(10(3)19-8)9(2)17-14-13-12(4-5-18-13)15-7-16-14/h4-7,9H,1-3H3,(H,15,16,17). The maximum Gasteiger partial charge on any atom is 0.147 e. The molecule has 0 spiro atoms. The number of fused-ring (bicyclic) bond motifs is 1. The van der Waals surface area contributed by atoms with Crippen molar-refractivity contribution in [3.05, 3.63) is 39.2 Å². The van der Waals surface area contributed by atoms with Crippen LogP contribution in [0.1, 0.15) is 28.3 Å². The van der Waals surface area contributed by atoms with Crippen molar-refractivity contribution < 1.29 is 0 Å². The second-order valence-corrected chi connectivity index (χ2v) is 6.97. The highest BCUT2D eigenvalue weighted by Crippen LogP contribution is 2.31. The van der Waals surface area contributed by atoms with Crippen molar-refractivity contribution in [3.63, 3.8) is 0 Å². The summed E-state index contributed by atoms with van der Waals surface area (Å²) >= 11 is 3.52. The van der Waals surface area contributed by atoms with Gasteiger partial charge in [-0.3, -0.25) is 0 Å². The summed E-state index contributed by atoms with van der Waals surface area (Å²) in [4.78, 5) is 11.4. The summed E-state index contributed by atoms with van der Waals surface area (Å²) in [5.41, 5.74) is 2.36. The van der Waals surface area contributed by atoms with E-state index in [0.717, 1.165) is 16.0 Å². The fourth-order valence-electron chi connectivity index (χ4n) is 2.25. The van der Waals surface area contributed by atoms with Crippen LogP contribution >= 0.6 is 22.7 Å². The van der Waals surface area contributed by atoms with E-state index in [2.05, 4.69) is 47.5 Å². The lowest BCUT2D eigenvalue weighted by atomic mass is 10.1. The van der Waals surface area contributed by atoms with Crippen LogP contribution in [0.2, 0.25) is 0 Å². The van der Waals surface area contributed by atoms with Gasteiger partial charge >= 0.3 is 0 Å². The predicted octanol–water partition coefficient (Wildman–Crippen LogP) is 4.54. The Bertz CT molecular complexity index is 714. The quantitative estimate of drug-likeness (QED) is 0.769. The number of rotatable bonds is 3. The maximum atomic E-state index is 4.37. The number of nitrogens with zero attached hydrogens (tertiary/aromatic N) is 2. The van der Waals surface area contributed by atoms with Gasteiger partial charge in [-0.05, 0) is 43.8 Å². The molecule has 3 aromatic rings. The van der Waals surface area contributed by atoms with Gasteiger partial charge < -0.3 is 5.32 Å². The predicted molar refractivity (Wildman–Crippen MR) is 83.2 cm³/mol. The molecule has 0 saturated carbocycles. The number of aromatic nitrogens is 2. The van der Waals surface area contributed by atoms with Crippen LogP contribution in [0, 0.1) is 13.8 Å². The van der Waals surface area contributed by atoms with E-state index in [1.807, 2.05) is 17.4 Å². The van der Waals surface area contributed by atoms with E-state index in [4.69, 9.17) is 0 Å². The monoisotopic (exact) mass is 289 g/mol. The molecule has 5 heteroatoms. The molecule has 0 fully saturated rings. The van der Waals surface area contributed by atoms with Crippen molar-refractivity contribution in [1.82, 2.24) is 9.97 Å². The van der Waals surface area contributed by atoms with E-state index >= 15 is 0 Å². The zero-order chi connectivity index (χ0) is 13.4. The van der Waals surface area contributed by atoms with Crippen LogP contribution < -0.4 is 5.32 Å². The van der Waals surface area contributed by atoms with Gasteiger partial charge in [-0.15, -0.1) is 22.7 Å². The van der Waals surface area contributed by atoms with Crippen molar-refractivity contribution >= 4 is 38.7 Å². The molecule has 3 aromatic heterocycles. The fourth-order valence-corrected chi connectivity index (χ4v) is 4.07. The maximum absolute atomic E-state index is 4.37. The molecular formula is C14H15N3S2. The highest BCUT2D eigenvalue weighted by atomic mass is 32.1. The Morgan fingerprint density at radius 3 is 2.84 bits per heavy atom. The van der Waals surface area contributed by atoms with Crippen LogP contribution in [-0.4, -0.2) is 9.97 Å². The lowest BCUT2D eigenvalue weighted by Gasteiger charge is -2.14. The molecule has 0 saturated heterocycles. The lowest BCUT2D eigenvalue weighted by molar-refractivity contribution is 0.873. The van der Waals surface area contributed by atoms with Crippen LogP contribution in [-0.2, 0) is 0 Å². The number of thiophene rings is 2. The lowest BCUT2D eigenvalue weighted by Crippen LogP contribution is -2.08. The second kappa shape index (κ2) is 4.90. The molecule has 0 aliphatic heterocycles. The molecule has 3 nitrogen and oxygen atoms in total. The summed E-state index contributed by atoms with van der Waals surface area (Å²) in [7, 11) is 0. The van der Waals surface area contributed by atoms with E-state index in [9.17, 15) is 0 Å². The smallest absolute Gasteiger partial charge is 0.147 e. The van der Waals surface area contributed by atoms with Gasteiger partial charge in [0.2, 0.25) is 0 Å². The first-order valence-electron chi connectivity index (χ1n) is 6.17. The van der Waals surface area contributed by atoms with Crippen LogP contribution in [0.3, 0.4) is 0 Å². The minimum absolute atomic E-state index is 0.255. The van der Waals surface area contributed by atoms with Gasteiger partial charge in [-0.2, -0.15) is 0 Å². The van der Waals surface area contributed by atoms with Gasteiger partial charge in [0.15, 0.2) is 0 Å². The Morgan fingerprint density at radius 1 is 1.26 bits per heavy atom. The van der Waals surface area contributed by atoms with Gasteiger partial charge in [-0.25, -0.2) is 9.97 Å². The number of hydrogen-bond donors (Lipinski definition) is 1. The van der Waals surface area contributed by atoms with Crippen LogP contribution in [0.15, 0.2) is 23.8 Å². The first-order chi connectivity index (χ1) is 9.15. The molecule has 1 unspecified atom stereocenters. The van der Waals surface area contributed by atoms with Gasteiger partial charge in [0.25, 0.3) is 0 Å². The molecule has 0 aliphatic carbocycles. The SMILES string of the molecule is Cc1cc(C(C)Nc2ncnc3ccsc23)c(C)s1. The zero-order valence-corrected chi connectivity index (χ0v) is 12.7. The van der Waals surface area contributed by atoms with E-state index in [1.165, 1.54) is 15.3 Å². The zero-order valence-electron chi connectivity index (χ0n) is 11.1. The largest absolute Gasteiger partial charge is 0.362 e. The number of nitrogens with one attached hydrogen (secondary N) is 1. The molecule has 0 bridgehead atoms. The number of aryl methyl sites for hydroxylation is 2. The molecule has 0 aromatic carbocycles. The fraction of sp³-hybridized carbons (Fsp3) is 0.286. The molecule has 3 heterocycles. The van der Waals surface area contributed by atoms with Gasteiger partial charge in [0.05, 0.1) is 16.3 Å². The number of anilines is 1. The van der Waals surface area contributed by atoms with Crippen molar-refractivity contribution in [2.24, 2.45) is 0 Å². The third-order valence-electron chi connectivity index (χ3n) is 3.14. The van der Waals surface area contributed by atoms with Crippen LogP contribution in [0.25, 0.3) is 10.2 Å². The molecule has 3 rings (SSSR count). The van der Waals surface area contributed by atoms with Crippen molar-refractivity contribution in [2.45, 2.75) is 26.8 Å². The summed E-state index contributed by atoms with van der Waals surface area (Å²) in [5, 5.41) is 5.56. The summed E-state index contributed by atoms with van der Waals surface area (Å²) in [5.74, 6) is 0.927. The van der Waals surface area contributed by atoms with Crippen molar-refractivity contribution in [3.8, 4) is 0 Å². The summed E-state index contributed by atoms with van der Waals surface area (Å²) in [6.07, 6.45) is 1.62. The molecule has 19 heavy (non-hydrogen) atoms. The molecule has 98 valence electrons. The van der Waals surface area contributed by atoms with Gasteiger partial charge in [0.1, 0.15) is 12.1 Å². The molecule has 0 radical (unpaired) electrons. The molecule has 0 aliphatic rings. The van der Waals surface area contributed by atoms with Crippen molar-refractivity contribution in [2.75, 3.05) is 5.32 Å². The average Bonchev–Trinajstić information content (AvgIpc) is 2.96. The summed E-state index contributed by atoms with van der Waals surface area (Å²) in [6, 6.07) is 4.53. The number of hydrogen-bond acceptors (Lipinski definition) is 5. The van der Waals surface area contributed by atoms with Gasteiger partial charge in [-0.1, -0.05) is 0 Å². The normalized spacial score (nSPS) is 12.8. The molecular weight excluding hydrogens is 274 g/mol. The molecule has 0 amide bonds. The minimum Gasteiger partial charge on any atom is -0.362 e. The Kier molecular flexibility index (Phi) is 3.24. The Hall–Kier alpha value is -1.46. The first kappa shape index (κ1) is 12.6. The molecule has 1 atom stereocenters. The Morgan fingerprint density at radius 2 is 2.11 bits per heavy atom. The third kappa shape index (κ3) is 2.35. The second-order valence-electron chi connectivity index (χ2n) is 4.59. The van der Waals surface area contributed by atoms with E-state index in [-0.39, 0.29) is 6.04 Å². The Labute approximate surface area is 120 Å². The van der Waals surface area contributed by atoms with E-state index in [0.29, 0.717) is 0 Å².